The largest absolute Gasteiger partial charge is 0.382 e. The lowest BCUT2D eigenvalue weighted by atomic mass is 10.1. The lowest BCUT2D eigenvalue weighted by Gasteiger charge is -2.27. The van der Waals surface area contributed by atoms with Gasteiger partial charge < -0.3 is 15.4 Å². The monoisotopic (exact) mass is 280 g/mol. The fraction of sp³-hybridized carbons (Fsp3) is 0.733. The molecule has 1 rings (SSSR count). The van der Waals surface area contributed by atoms with Gasteiger partial charge in [0.1, 0.15) is 17.5 Å². The molecule has 0 unspecified atom stereocenters. The first-order valence-electron chi connectivity index (χ1n) is 7.20. The summed E-state index contributed by atoms with van der Waals surface area (Å²) in [6, 6.07) is 0. The molecule has 0 aliphatic rings. The Morgan fingerprint density at radius 2 is 1.80 bits per heavy atom. The summed E-state index contributed by atoms with van der Waals surface area (Å²) in [4.78, 5) is 9.27. The van der Waals surface area contributed by atoms with Gasteiger partial charge in [-0.1, -0.05) is 13.8 Å². The van der Waals surface area contributed by atoms with Crippen molar-refractivity contribution in [2.75, 3.05) is 30.9 Å². The van der Waals surface area contributed by atoms with Crippen LogP contribution in [0, 0.1) is 6.92 Å². The second-order valence-electron chi connectivity index (χ2n) is 6.03. The number of ether oxygens (including phenoxy) is 1. The number of aromatic nitrogens is 2. The zero-order valence-corrected chi connectivity index (χ0v) is 13.8. The number of hydrogen-bond donors (Lipinski definition) is 2. The van der Waals surface area contributed by atoms with Gasteiger partial charge in [0.25, 0.3) is 0 Å². The van der Waals surface area contributed by atoms with E-state index >= 15 is 0 Å². The number of methoxy groups -OCH3 is 1. The Morgan fingerprint density at radius 3 is 2.30 bits per heavy atom. The first-order chi connectivity index (χ1) is 9.30. The van der Waals surface area contributed by atoms with Gasteiger partial charge in [0.2, 0.25) is 0 Å². The lowest BCUT2D eigenvalue weighted by Crippen LogP contribution is -2.36. The first kappa shape index (κ1) is 16.7. The molecule has 1 aromatic rings. The second-order valence-corrected chi connectivity index (χ2v) is 6.03. The van der Waals surface area contributed by atoms with Crippen molar-refractivity contribution in [1.82, 2.24) is 9.97 Å². The highest BCUT2D eigenvalue weighted by Gasteiger charge is 2.21. The maximum Gasteiger partial charge on any atom is 0.135 e. The Bertz CT molecular complexity index is 444. The number of rotatable bonds is 7. The molecule has 0 aliphatic carbocycles. The Kier molecular flexibility index (Phi) is 5.74. The van der Waals surface area contributed by atoms with Gasteiger partial charge in [0, 0.05) is 25.1 Å². The van der Waals surface area contributed by atoms with Crippen molar-refractivity contribution in [3.8, 4) is 0 Å². The highest BCUT2D eigenvalue weighted by molar-refractivity contribution is 5.58. The number of nitrogens with zero attached hydrogens (tertiary/aromatic N) is 2. The summed E-state index contributed by atoms with van der Waals surface area (Å²) in [5.41, 5.74) is 0.867. The lowest BCUT2D eigenvalue weighted by molar-refractivity contribution is 0.158. The normalized spacial score (nSPS) is 11.8. The zero-order chi connectivity index (χ0) is 15.3. The van der Waals surface area contributed by atoms with Gasteiger partial charge in [-0.25, -0.2) is 9.97 Å². The van der Waals surface area contributed by atoms with Crippen LogP contribution in [0.25, 0.3) is 0 Å². The predicted molar refractivity (Wildman–Crippen MR) is 84.6 cm³/mol. The molecular formula is C15H28N4O. The van der Waals surface area contributed by atoms with Crippen LogP contribution in [0.4, 0.5) is 11.6 Å². The Balaban J connectivity index is 3.16. The standard InChI is InChI=1S/C15H28N4O/c1-8-16-13-11(4)14(18-12(17-13)10(2)3)19-15(5,6)9-20-7/h10H,8-9H2,1-7H3,(H2,16,17,18,19). The van der Waals surface area contributed by atoms with Crippen molar-refractivity contribution in [2.24, 2.45) is 0 Å². The van der Waals surface area contributed by atoms with E-state index in [1.165, 1.54) is 0 Å². The van der Waals surface area contributed by atoms with Crippen molar-refractivity contribution < 1.29 is 4.74 Å². The van der Waals surface area contributed by atoms with E-state index in [9.17, 15) is 0 Å². The highest BCUT2D eigenvalue weighted by atomic mass is 16.5. The zero-order valence-electron chi connectivity index (χ0n) is 13.8. The van der Waals surface area contributed by atoms with Crippen LogP contribution in [0.2, 0.25) is 0 Å². The molecule has 0 aliphatic heterocycles. The SMILES string of the molecule is CCNc1nc(C(C)C)nc(NC(C)(C)COC)c1C. The molecule has 114 valence electrons. The average molecular weight is 280 g/mol. The Morgan fingerprint density at radius 1 is 1.20 bits per heavy atom. The van der Waals surface area contributed by atoms with E-state index in [2.05, 4.69) is 55.2 Å². The van der Waals surface area contributed by atoms with E-state index in [1.807, 2.05) is 6.92 Å². The van der Waals surface area contributed by atoms with Crippen LogP contribution < -0.4 is 10.6 Å². The van der Waals surface area contributed by atoms with Gasteiger partial charge in [0.15, 0.2) is 0 Å². The van der Waals surface area contributed by atoms with Crippen molar-refractivity contribution in [3.63, 3.8) is 0 Å². The van der Waals surface area contributed by atoms with Gasteiger partial charge in [-0.15, -0.1) is 0 Å². The van der Waals surface area contributed by atoms with E-state index in [4.69, 9.17) is 4.74 Å². The summed E-state index contributed by atoms with van der Waals surface area (Å²) in [5.74, 6) is 2.92. The maximum atomic E-state index is 5.25. The molecule has 1 aromatic heterocycles. The minimum Gasteiger partial charge on any atom is -0.382 e. The van der Waals surface area contributed by atoms with Crippen LogP contribution >= 0.6 is 0 Å². The molecule has 1 heterocycles. The quantitative estimate of drug-likeness (QED) is 0.803. The molecule has 0 aromatic carbocycles. The summed E-state index contributed by atoms with van der Waals surface area (Å²) in [5, 5.41) is 6.77. The third kappa shape index (κ3) is 4.34. The minimum atomic E-state index is -0.175. The van der Waals surface area contributed by atoms with Gasteiger partial charge in [-0.3, -0.25) is 0 Å². The third-order valence-electron chi connectivity index (χ3n) is 2.99. The summed E-state index contributed by atoms with van der Waals surface area (Å²) in [6.07, 6.45) is 0. The van der Waals surface area contributed by atoms with Crippen molar-refractivity contribution in [2.45, 2.75) is 53.0 Å². The predicted octanol–water partition coefficient (Wildman–Crippen LogP) is 3.18. The molecule has 5 heteroatoms. The smallest absolute Gasteiger partial charge is 0.135 e. The molecule has 0 bridgehead atoms. The van der Waals surface area contributed by atoms with Gasteiger partial charge >= 0.3 is 0 Å². The van der Waals surface area contributed by atoms with E-state index in [-0.39, 0.29) is 5.54 Å². The van der Waals surface area contributed by atoms with Gasteiger partial charge in [0.05, 0.1) is 12.1 Å². The van der Waals surface area contributed by atoms with Crippen molar-refractivity contribution >= 4 is 11.6 Å². The molecule has 0 saturated heterocycles. The first-order valence-corrected chi connectivity index (χ1v) is 7.20. The molecule has 0 fully saturated rings. The van der Waals surface area contributed by atoms with E-state index in [0.29, 0.717) is 12.5 Å². The molecule has 2 N–H and O–H groups in total. The second kappa shape index (κ2) is 6.88. The highest BCUT2D eigenvalue weighted by Crippen LogP contribution is 2.25. The van der Waals surface area contributed by atoms with Crippen LogP contribution in [0.5, 0.6) is 0 Å². The van der Waals surface area contributed by atoms with E-state index in [1.54, 1.807) is 7.11 Å². The summed E-state index contributed by atoms with van der Waals surface area (Å²) in [7, 11) is 1.71. The molecule has 0 radical (unpaired) electrons. The van der Waals surface area contributed by atoms with Gasteiger partial charge in [-0.2, -0.15) is 0 Å². The molecule has 0 spiro atoms. The number of hydrogen-bond acceptors (Lipinski definition) is 5. The van der Waals surface area contributed by atoms with Crippen LogP contribution in [-0.2, 0) is 4.74 Å². The van der Waals surface area contributed by atoms with E-state index < -0.39 is 0 Å². The topological polar surface area (TPSA) is 59.1 Å². The minimum absolute atomic E-state index is 0.175. The Labute approximate surface area is 122 Å². The van der Waals surface area contributed by atoms with Crippen LogP contribution in [-0.4, -0.2) is 35.8 Å². The van der Waals surface area contributed by atoms with Crippen LogP contribution in [0.3, 0.4) is 0 Å². The molecule has 0 atom stereocenters. The molecule has 20 heavy (non-hydrogen) atoms. The Hall–Kier alpha value is -1.36. The summed E-state index contributed by atoms with van der Waals surface area (Å²) < 4.78 is 5.25. The fourth-order valence-corrected chi connectivity index (χ4v) is 1.97. The molecule has 0 amide bonds. The number of nitrogens with one attached hydrogen (secondary N) is 2. The van der Waals surface area contributed by atoms with Crippen molar-refractivity contribution in [1.29, 1.82) is 0 Å². The van der Waals surface area contributed by atoms with Gasteiger partial charge in [-0.05, 0) is 27.7 Å². The van der Waals surface area contributed by atoms with Crippen LogP contribution in [0.15, 0.2) is 0 Å². The fourth-order valence-electron chi connectivity index (χ4n) is 1.97. The molecule has 5 nitrogen and oxygen atoms in total. The molecule has 0 saturated carbocycles. The van der Waals surface area contributed by atoms with E-state index in [0.717, 1.165) is 29.6 Å². The van der Waals surface area contributed by atoms with Crippen LogP contribution in [0.1, 0.15) is 51.9 Å². The average Bonchev–Trinajstić information content (AvgIpc) is 2.33. The molecular weight excluding hydrogens is 252 g/mol. The summed E-state index contributed by atoms with van der Waals surface area (Å²) >= 11 is 0. The summed E-state index contributed by atoms with van der Waals surface area (Å²) in [6.45, 7) is 14.0. The number of anilines is 2. The maximum absolute atomic E-state index is 5.25. The third-order valence-corrected chi connectivity index (χ3v) is 2.99. The van der Waals surface area contributed by atoms with Crippen molar-refractivity contribution in [3.05, 3.63) is 11.4 Å².